The van der Waals surface area contributed by atoms with Crippen molar-refractivity contribution in [3.05, 3.63) is 80.5 Å². The summed E-state index contributed by atoms with van der Waals surface area (Å²) in [7, 11) is 0. The van der Waals surface area contributed by atoms with Gasteiger partial charge in [0.1, 0.15) is 10.2 Å². The summed E-state index contributed by atoms with van der Waals surface area (Å²) in [5, 5.41) is 15.7. The minimum atomic E-state index is -0.933. The van der Waals surface area contributed by atoms with Gasteiger partial charge in [-0.05, 0) is 42.3 Å². The van der Waals surface area contributed by atoms with Gasteiger partial charge in [-0.15, -0.1) is 11.3 Å². The predicted octanol–water partition coefficient (Wildman–Crippen LogP) is 6.17. The van der Waals surface area contributed by atoms with Crippen LogP contribution in [0.4, 0.5) is 0 Å². The smallest absolute Gasteiger partial charge is 0.307 e. The summed E-state index contributed by atoms with van der Waals surface area (Å²) < 4.78 is 2.67. The maximum Gasteiger partial charge on any atom is 0.307 e. The van der Waals surface area contributed by atoms with Crippen LogP contribution in [0.15, 0.2) is 48.5 Å². The monoisotopic (exact) mass is 457 g/mol. The van der Waals surface area contributed by atoms with Crippen LogP contribution in [-0.4, -0.2) is 25.8 Å². The molecule has 0 fully saturated rings. The number of benzene rings is 2. The Morgan fingerprint density at radius 3 is 2.63 bits per heavy atom. The molecule has 4 aromatic rings. The lowest BCUT2D eigenvalue weighted by Crippen LogP contribution is -2.02. The number of carboxylic acids is 1. The summed E-state index contributed by atoms with van der Waals surface area (Å²) >= 11 is 14.4. The fourth-order valence-electron chi connectivity index (χ4n) is 3.16. The summed E-state index contributed by atoms with van der Waals surface area (Å²) in [5.41, 5.74) is 3.71. The first-order chi connectivity index (χ1) is 14.4. The van der Waals surface area contributed by atoms with Crippen LogP contribution in [0.5, 0.6) is 0 Å². The van der Waals surface area contributed by atoms with E-state index in [-0.39, 0.29) is 6.42 Å². The first-order valence-corrected chi connectivity index (χ1v) is 10.7. The number of para-hydroxylation sites is 1. The third-order valence-corrected chi connectivity index (χ3v) is 6.50. The van der Waals surface area contributed by atoms with E-state index in [4.69, 9.17) is 23.2 Å². The van der Waals surface area contributed by atoms with Crippen molar-refractivity contribution < 1.29 is 9.90 Å². The van der Waals surface area contributed by atoms with Gasteiger partial charge in [0.15, 0.2) is 0 Å². The molecule has 5 nitrogen and oxygen atoms in total. The average molecular weight is 458 g/mol. The van der Waals surface area contributed by atoms with Gasteiger partial charge in [-0.3, -0.25) is 4.79 Å². The lowest BCUT2D eigenvalue weighted by atomic mass is 10.1. The number of hydrogen-bond donors (Lipinski definition) is 1. The molecular formula is C22H17Cl2N3O2S. The number of aliphatic carboxylic acids is 1. The third-order valence-electron chi connectivity index (χ3n) is 4.62. The Labute approximate surface area is 187 Å². The summed E-state index contributed by atoms with van der Waals surface area (Å²) in [5.74, 6) is -0.933. The van der Waals surface area contributed by atoms with Crippen LogP contribution in [0.2, 0.25) is 10.2 Å². The maximum atomic E-state index is 11.5. The molecule has 0 atom stereocenters. The summed E-state index contributed by atoms with van der Waals surface area (Å²) in [6, 6.07) is 15.2. The predicted molar refractivity (Wildman–Crippen MR) is 122 cm³/mol. The van der Waals surface area contributed by atoms with Crippen LogP contribution in [-0.2, 0) is 11.3 Å². The van der Waals surface area contributed by atoms with Crippen molar-refractivity contribution in [1.29, 1.82) is 0 Å². The Kier molecular flexibility index (Phi) is 5.90. The van der Waals surface area contributed by atoms with Crippen molar-refractivity contribution in [2.75, 3.05) is 0 Å². The van der Waals surface area contributed by atoms with Gasteiger partial charge in [-0.2, -0.15) is 5.10 Å². The molecule has 0 radical (unpaired) electrons. The van der Waals surface area contributed by atoms with Crippen molar-refractivity contribution >= 4 is 62.4 Å². The number of rotatable bonds is 6. The Balaban J connectivity index is 1.75. The molecule has 0 spiro atoms. The highest BCUT2D eigenvalue weighted by Crippen LogP contribution is 2.33. The number of carboxylic acid groups (broad SMARTS) is 1. The highest BCUT2D eigenvalue weighted by atomic mass is 35.5. The van der Waals surface area contributed by atoms with Gasteiger partial charge < -0.3 is 5.11 Å². The van der Waals surface area contributed by atoms with Crippen LogP contribution in [0.1, 0.15) is 28.2 Å². The first kappa shape index (κ1) is 20.6. The molecule has 0 unspecified atom stereocenters. The fraction of sp³-hybridized carbons (Fsp3) is 0.136. The second kappa shape index (κ2) is 8.60. The van der Waals surface area contributed by atoms with Crippen molar-refractivity contribution in [1.82, 2.24) is 14.8 Å². The van der Waals surface area contributed by atoms with Crippen LogP contribution in [0.3, 0.4) is 0 Å². The highest BCUT2D eigenvalue weighted by molar-refractivity contribution is 7.19. The Morgan fingerprint density at radius 2 is 1.90 bits per heavy atom. The molecule has 4 rings (SSSR count). The zero-order chi connectivity index (χ0) is 21.3. The number of aryl methyl sites for hydroxylation is 1. The van der Waals surface area contributed by atoms with Gasteiger partial charge in [-0.25, -0.2) is 9.67 Å². The Bertz CT molecular complexity index is 1240. The van der Waals surface area contributed by atoms with E-state index >= 15 is 0 Å². The second-order valence-electron chi connectivity index (χ2n) is 6.77. The van der Waals surface area contributed by atoms with E-state index in [1.807, 2.05) is 55.5 Å². The summed E-state index contributed by atoms with van der Waals surface area (Å²) in [4.78, 5) is 16.1. The van der Waals surface area contributed by atoms with E-state index < -0.39 is 5.97 Å². The minimum Gasteiger partial charge on any atom is -0.481 e. The highest BCUT2D eigenvalue weighted by Gasteiger charge is 2.17. The molecule has 0 amide bonds. The molecular weight excluding hydrogens is 441 g/mol. The number of halogens is 2. The second-order valence-corrected chi connectivity index (χ2v) is 8.56. The van der Waals surface area contributed by atoms with Crippen molar-refractivity contribution in [2.45, 2.75) is 19.9 Å². The maximum absolute atomic E-state index is 11.5. The normalized spacial score (nSPS) is 11.9. The number of hydrogen-bond acceptors (Lipinski definition) is 4. The molecule has 0 saturated heterocycles. The third kappa shape index (κ3) is 4.26. The molecule has 0 aliphatic carbocycles. The van der Waals surface area contributed by atoms with Crippen LogP contribution in [0.25, 0.3) is 21.9 Å². The molecule has 8 heteroatoms. The quantitative estimate of drug-likeness (QED) is 0.375. The first-order valence-electron chi connectivity index (χ1n) is 9.17. The fourth-order valence-corrected chi connectivity index (χ4v) is 4.62. The molecule has 2 heterocycles. The Hall–Kier alpha value is -2.67. The lowest BCUT2D eigenvalue weighted by molar-refractivity contribution is -0.135. The van der Waals surface area contributed by atoms with Crippen LogP contribution in [0, 0.1) is 6.92 Å². The summed E-state index contributed by atoms with van der Waals surface area (Å²) in [6.07, 6.45) is 1.62. The molecule has 0 saturated carbocycles. The average Bonchev–Trinajstić information content (AvgIpc) is 3.25. The molecule has 2 aromatic heterocycles. The van der Waals surface area contributed by atoms with E-state index in [2.05, 4.69) is 10.1 Å². The van der Waals surface area contributed by atoms with E-state index in [0.717, 1.165) is 15.8 Å². The molecule has 0 bridgehead atoms. The van der Waals surface area contributed by atoms with E-state index in [1.165, 1.54) is 11.3 Å². The SMILES string of the molecule is Cc1nn(Cc2ccccc2Cl)c(Cl)c1/C=C(/CC(=O)O)c1nc2ccccc2s1. The summed E-state index contributed by atoms with van der Waals surface area (Å²) in [6.45, 7) is 2.26. The van der Waals surface area contributed by atoms with Crippen molar-refractivity contribution in [3.8, 4) is 0 Å². The van der Waals surface area contributed by atoms with Gasteiger partial charge >= 0.3 is 5.97 Å². The topological polar surface area (TPSA) is 68.0 Å². The van der Waals surface area contributed by atoms with E-state index in [1.54, 1.807) is 10.8 Å². The van der Waals surface area contributed by atoms with Gasteiger partial charge in [-0.1, -0.05) is 53.5 Å². The van der Waals surface area contributed by atoms with Crippen molar-refractivity contribution in [3.63, 3.8) is 0 Å². The largest absolute Gasteiger partial charge is 0.481 e. The number of aromatic nitrogens is 3. The molecule has 1 N–H and O–H groups in total. The molecule has 2 aromatic carbocycles. The zero-order valence-corrected chi connectivity index (χ0v) is 18.3. The zero-order valence-electron chi connectivity index (χ0n) is 16.0. The molecule has 30 heavy (non-hydrogen) atoms. The molecule has 0 aliphatic heterocycles. The van der Waals surface area contributed by atoms with Gasteiger partial charge in [0.05, 0.1) is 28.9 Å². The van der Waals surface area contributed by atoms with Gasteiger partial charge in [0.25, 0.3) is 0 Å². The van der Waals surface area contributed by atoms with Gasteiger partial charge in [0.2, 0.25) is 0 Å². The van der Waals surface area contributed by atoms with Crippen molar-refractivity contribution in [2.24, 2.45) is 0 Å². The number of carbonyl (C=O) groups is 1. The number of fused-ring (bicyclic) bond motifs is 1. The Morgan fingerprint density at radius 1 is 1.17 bits per heavy atom. The van der Waals surface area contributed by atoms with Crippen LogP contribution < -0.4 is 0 Å². The number of nitrogens with zero attached hydrogens (tertiary/aromatic N) is 3. The standard InChI is InChI=1S/C22H17Cl2N3O2S/c1-13-16(21(24)27(26-13)12-14-6-2-3-7-17(14)23)10-15(11-20(28)29)22-25-18-8-4-5-9-19(18)30-22/h2-10H,11-12H2,1H3,(H,28,29)/b15-10-. The van der Waals surface area contributed by atoms with Crippen LogP contribution >= 0.6 is 34.5 Å². The van der Waals surface area contributed by atoms with E-state index in [0.29, 0.717) is 38.6 Å². The minimum absolute atomic E-state index is 0.161. The lowest BCUT2D eigenvalue weighted by Gasteiger charge is -2.06. The molecule has 152 valence electrons. The van der Waals surface area contributed by atoms with Gasteiger partial charge in [0, 0.05) is 10.6 Å². The number of thiazole rings is 1. The van der Waals surface area contributed by atoms with E-state index in [9.17, 15) is 9.90 Å². The molecule has 0 aliphatic rings.